The second-order valence-corrected chi connectivity index (χ2v) is 8.80. The average molecular weight is 419 g/mol. The minimum absolute atomic E-state index is 0.194. The van der Waals surface area contributed by atoms with Gasteiger partial charge >= 0.3 is 6.09 Å². The van der Waals surface area contributed by atoms with Crippen LogP contribution in [0.3, 0.4) is 0 Å². The topological polar surface area (TPSA) is 85.2 Å². The quantitative estimate of drug-likeness (QED) is 0.769. The van der Waals surface area contributed by atoms with Crippen LogP contribution in [0.25, 0.3) is 5.69 Å². The molecule has 2 N–H and O–H groups in total. The second-order valence-electron chi connectivity index (χ2n) is 8.37. The van der Waals surface area contributed by atoms with E-state index in [-0.39, 0.29) is 5.91 Å². The van der Waals surface area contributed by atoms with Crippen molar-refractivity contribution < 1.29 is 14.3 Å². The first-order valence-electron chi connectivity index (χ1n) is 9.76. The van der Waals surface area contributed by atoms with Crippen LogP contribution in [0.5, 0.6) is 0 Å². The Balaban J connectivity index is 1.62. The highest BCUT2D eigenvalue weighted by Gasteiger charge is 2.43. The lowest BCUT2D eigenvalue weighted by Gasteiger charge is -2.30. The molecule has 0 saturated heterocycles. The molecule has 1 aliphatic carbocycles. The van der Waals surface area contributed by atoms with Crippen LogP contribution in [0, 0.1) is 0 Å². The Morgan fingerprint density at radius 2 is 1.86 bits per heavy atom. The molecule has 1 saturated carbocycles. The summed E-state index contributed by atoms with van der Waals surface area (Å²) in [7, 11) is 0. The Bertz CT molecular complexity index is 865. The number of hydrogen-bond acceptors (Lipinski definition) is 4. The summed E-state index contributed by atoms with van der Waals surface area (Å²) in [6, 6.07) is 7.34. The van der Waals surface area contributed by atoms with Gasteiger partial charge < -0.3 is 15.4 Å². The third kappa shape index (κ3) is 5.50. The van der Waals surface area contributed by atoms with Crippen LogP contribution in [-0.4, -0.2) is 32.9 Å². The third-order valence-corrected chi connectivity index (χ3v) is 5.06. The van der Waals surface area contributed by atoms with Crippen LogP contribution >= 0.6 is 11.6 Å². The number of aromatic nitrogens is 2. The summed E-state index contributed by atoms with van der Waals surface area (Å²) in [5.74, 6) is -0.194. The fraction of sp³-hybridized carbons (Fsp3) is 0.476. The summed E-state index contributed by atoms with van der Waals surface area (Å²) in [4.78, 5) is 25.2. The molecule has 0 spiro atoms. The molecule has 3 rings (SSSR count). The van der Waals surface area contributed by atoms with Crippen LogP contribution in [-0.2, 0) is 16.1 Å². The number of rotatable bonds is 5. The molecule has 7 nitrogen and oxygen atoms in total. The Hall–Kier alpha value is -2.54. The number of benzene rings is 1. The van der Waals surface area contributed by atoms with Crippen LogP contribution in [0.15, 0.2) is 36.7 Å². The van der Waals surface area contributed by atoms with Crippen LogP contribution in [0.1, 0.15) is 52.0 Å². The first-order valence-corrected chi connectivity index (χ1v) is 10.1. The number of alkyl carbamates (subject to hydrolysis) is 1. The number of hydrogen-bond donors (Lipinski definition) is 2. The lowest BCUT2D eigenvalue weighted by molar-refractivity contribution is -0.127. The summed E-state index contributed by atoms with van der Waals surface area (Å²) in [5, 5.41) is 10.7. The van der Waals surface area contributed by atoms with Gasteiger partial charge in [-0.3, -0.25) is 4.79 Å². The highest BCUT2D eigenvalue weighted by molar-refractivity contribution is 6.30. The van der Waals surface area contributed by atoms with Crippen molar-refractivity contribution in [2.24, 2.45) is 0 Å². The average Bonchev–Trinajstić information content (AvgIpc) is 3.29. The SMILES string of the molecule is CC(C)(C)OC(=O)NC1(C(=O)NCc2cnn(-c3ccc(Cl)cc3)c2)CCCC1. The number of carbonyl (C=O) groups excluding carboxylic acids is 2. The maximum atomic E-state index is 12.9. The lowest BCUT2D eigenvalue weighted by atomic mass is 9.96. The van der Waals surface area contributed by atoms with Gasteiger partial charge in [0.05, 0.1) is 11.9 Å². The molecule has 156 valence electrons. The van der Waals surface area contributed by atoms with Crippen molar-refractivity contribution in [3.63, 3.8) is 0 Å². The molecule has 8 heteroatoms. The van der Waals surface area contributed by atoms with Gasteiger partial charge in [0.15, 0.2) is 0 Å². The molecule has 0 bridgehead atoms. The second kappa shape index (κ2) is 8.45. The normalized spacial score (nSPS) is 15.7. The van der Waals surface area contributed by atoms with Gasteiger partial charge in [0.1, 0.15) is 11.1 Å². The zero-order valence-corrected chi connectivity index (χ0v) is 17.8. The van der Waals surface area contributed by atoms with Crippen molar-refractivity contribution in [1.82, 2.24) is 20.4 Å². The van der Waals surface area contributed by atoms with Gasteiger partial charge in [0.2, 0.25) is 5.91 Å². The molecule has 0 unspecified atom stereocenters. The van der Waals surface area contributed by atoms with Gasteiger partial charge in [-0.1, -0.05) is 24.4 Å². The van der Waals surface area contributed by atoms with Crippen molar-refractivity contribution in [2.45, 2.75) is 64.1 Å². The van der Waals surface area contributed by atoms with Gasteiger partial charge in [-0.25, -0.2) is 9.48 Å². The van der Waals surface area contributed by atoms with Gasteiger partial charge in [-0.05, 0) is 57.9 Å². The van der Waals surface area contributed by atoms with Crippen LogP contribution < -0.4 is 10.6 Å². The van der Waals surface area contributed by atoms with Crippen LogP contribution in [0.2, 0.25) is 5.02 Å². The van der Waals surface area contributed by atoms with Crippen molar-refractivity contribution in [3.05, 3.63) is 47.2 Å². The van der Waals surface area contributed by atoms with Gasteiger partial charge in [-0.2, -0.15) is 5.10 Å². The highest BCUT2D eigenvalue weighted by Crippen LogP contribution is 2.30. The third-order valence-electron chi connectivity index (χ3n) is 4.81. The Kier molecular flexibility index (Phi) is 6.17. The number of nitrogens with one attached hydrogen (secondary N) is 2. The van der Waals surface area contributed by atoms with E-state index >= 15 is 0 Å². The molecule has 0 aliphatic heterocycles. The molecule has 29 heavy (non-hydrogen) atoms. The summed E-state index contributed by atoms with van der Waals surface area (Å²) in [6.45, 7) is 5.72. The van der Waals surface area contributed by atoms with E-state index in [4.69, 9.17) is 16.3 Å². The largest absolute Gasteiger partial charge is 0.444 e. The zero-order chi connectivity index (χ0) is 21.1. The number of amides is 2. The monoisotopic (exact) mass is 418 g/mol. The summed E-state index contributed by atoms with van der Waals surface area (Å²) in [6.07, 6.45) is 5.97. The number of nitrogens with zero attached hydrogens (tertiary/aromatic N) is 2. The molecule has 2 aromatic rings. The standard InChI is InChI=1S/C21H27ClN4O3/c1-20(2,3)29-19(28)25-21(10-4-5-11-21)18(27)23-12-15-13-24-26(14-15)17-8-6-16(22)7-9-17/h6-9,13-14H,4-5,10-12H2,1-3H3,(H,23,27)(H,25,28). The minimum Gasteiger partial charge on any atom is -0.444 e. The molecule has 0 radical (unpaired) electrons. The van der Waals surface area contributed by atoms with Gasteiger partial charge in [-0.15, -0.1) is 0 Å². The van der Waals surface area contributed by atoms with E-state index in [1.807, 2.05) is 18.3 Å². The predicted molar refractivity (Wildman–Crippen MR) is 111 cm³/mol. The summed E-state index contributed by atoms with van der Waals surface area (Å²) in [5.41, 5.74) is 0.204. The summed E-state index contributed by atoms with van der Waals surface area (Å²) >= 11 is 5.92. The van der Waals surface area contributed by atoms with E-state index in [0.717, 1.165) is 24.1 Å². The smallest absolute Gasteiger partial charge is 0.408 e. The van der Waals surface area contributed by atoms with E-state index in [9.17, 15) is 9.59 Å². The molecule has 1 aromatic carbocycles. The van der Waals surface area contributed by atoms with Crippen molar-refractivity contribution in [1.29, 1.82) is 0 Å². The lowest BCUT2D eigenvalue weighted by Crippen LogP contribution is -2.57. The minimum atomic E-state index is -0.922. The van der Waals surface area contributed by atoms with Crippen LogP contribution in [0.4, 0.5) is 4.79 Å². The Labute approximate surface area is 175 Å². The van der Waals surface area contributed by atoms with Gasteiger partial charge in [0, 0.05) is 23.3 Å². The molecule has 0 atom stereocenters. The predicted octanol–water partition coefficient (Wildman–Crippen LogP) is 3.98. The molecule has 1 heterocycles. The molecule has 1 fully saturated rings. The number of carbonyl (C=O) groups is 2. The molecule has 1 aliphatic rings. The molecule has 1 aromatic heterocycles. The summed E-state index contributed by atoms with van der Waals surface area (Å²) < 4.78 is 7.07. The van der Waals surface area contributed by atoms with Crippen molar-refractivity contribution >= 4 is 23.6 Å². The number of halogens is 1. The van der Waals surface area contributed by atoms with E-state index in [1.165, 1.54) is 0 Å². The van der Waals surface area contributed by atoms with Crippen molar-refractivity contribution in [2.75, 3.05) is 0 Å². The Morgan fingerprint density at radius 1 is 1.21 bits per heavy atom. The van der Waals surface area contributed by atoms with Crippen molar-refractivity contribution in [3.8, 4) is 5.69 Å². The maximum absolute atomic E-state index is 12.9. The first-order chi connectivity index (χ1) is 13.7. The molecular formula is C21H27ClN4O3. The fourth-order valence-corrected chi connectivity index (χ4v) is 3.55. The zero-order valence-electron chi connectivity index (χ0n) is 17.0. The first kappa shape index (κ1) is 21.2. The van der Waals surface area contributed by atoms with E-state index in [0.29, 0.717) is 24.4 Å². The fourth-order valence-electron chi connectivity index (χ4n) is 3.42. The maximum Gasteiger partial charge on any atom is 0.408 e. The molecule has 2 amide bonds. The number of ether oxygens (including phenoxy) is 1. The Morgan fingerprint density at radius 3 is 2.48 bits per heavy atom. The van der Waals surface area contributed by atoms with E-state index in [1.54, 1.807) is 43.8 Å². The van der Waals surface area contributed by atoms with E-state index in [2.05, 4.69) is 15.7 Å². The molecular weight excluding hydrogens is 392 g/mol. The van der Waals surface area contributed by atoms with E-state index < -0.39 is 17.2 Å². The van der Waals surface area contributed by atoms with Gasteiger partial charge in [0.25, 0.3) is 0 Å². The highest BCUT2D eigenvalue weighted by atomic mass is 35.5.